The molecule has 2 N–H and O–H groups in total. The van der Waals surface area contributed by atoms with Gasteiger partial charge in [0, 0.05) is 12.7 Å². The topological polar surface area (TPSA) is 86.0 Å². The van der Waals surface area contributed by atoms with Crippen molar-refractivity contribution in [2.45, 2.75) is 6.42 Å². The Labute approximate surface area is 93.0 Å². The summed E-state index contributed by atoms with van der Waals surface area (Å²) in [7, 11) is 0. The lowest BCUT2D eigenvalue weighted by Crippen LogP contribution is -2.03. The second-order valence-corrected chi connectivity index (χ2v) is 2.97. The Morgan fingerprint density at radius 1 is 1.62 bits per heavy atom. The molecule has 1 heterocycles. The van der Waals surface area contributed by atoms with Gasteiger partial charge in [-0.3, -0.25) is 0 Å². The molecule has 82 valence electrons. The highest BCUT2D eigenvalue weighted by atomic mass is 16.4. The maximum absolute atomic E-state index is 10.5. The van der Waals surface area contributed by atoms with E-state index < -0.39 is 5.97 Å². The van der Waals surface area contributed by atoms with Crippen LogP contribution in [0.25, 0.3) is 0 Å². The van der Waals surface area contributed by atoms with E-state index in [1.165, 1.54) is 6.08 Å². The normalized spacial score (nSPS) is 10.6. The van der Waals surface area contributed by atoms with Crippen LogP contribution in [-0.2, 0) is 4.79 Å². The molecule has 1 rings (SSSR count). The van der Waals surface area contributed by atoms with Crippen LogP contribution in [0.5, 0.6) is 0 Å². The first kappa shape index (κ1) is 11.7. The van der Waals surface area contributed by atoms with Gasteiger partial charge in [0.25, 0.3) is 0 Å². The molecule has 0 amide bonds. The second-order valence-electron chi connectivity index (χ2n) is 2.97. The maximum Gasteiger partial charge on any atom is 0.346 e. The first-order valence-electron chi connectivity index (χ1n) is 4.72. The summed E-state index contributed by atoms with van der Waals surface area (Å²) in [5, 5.41) is 20.1. The zero-order chi connectivity index (χ0) is 11.8. The van der Waals surface area contributed by atoms with E-state index in [1.54, 1.807) is 12.3 Å². The van der Waals surface area contributed by atoms with Gasteiger partial charge in [0.2, 0.25) is 0 Å². The molecule has 0 aliphatic heterocycles. The van der Waals surface area contributed by atoms with Crippen molar-refractivity contribution in [3.05, 3.63) is 36.0 Å². The highest BCUT2D eigenvalue weighted by Crippen LogP contribution is 2.01. The number of carboxylic acids is 1. The van der Waals surface area contributed by atoms with Gasteiger partial charge in [0.05, 0.1) is 0 Å². The lowest BCUT2D eigenvalue weighted by Gasteiger charge is -2.01. The summed E-state index contributed by atoms with van der Waals surface area (Å²) in [5.41, 5.74) is -0.233. The zero-order valence-electron chi connectivity index (χ0n) is 8.55. The van der Waals surface area contributed by atoms with E-state index in [1.807, 2.05) is 18.2 Å². The van der Waals surface area contributed by atoms with Gasteiger partial charge < -0.3 is 10.4 Å². The van der Waals surface area contributed by atoms with E-state index in [-0.39, 0.29) is 5.57 Å². The van der Waals surface area contributed by atoms with Gasteiger partial charge >= 0.3 is 5.97 Å². The molecule has 16 heavy (non-hydrogen) atoms. The van der Waals surface area contributed by atoms with Gasteiger partial charge in [0.15, 0.2) is 0 Å². The Bertz CT molecular complexity index is 421. The van der Waals surface area contributed by atoms with Gasteiger partial charge in [-0.15, -0.1) is 0 Å². The zero-order valence-corrected chi connectivity index (χ0v) is 8.55. The molecule has 1 aromatic heterocycles. The largest absolute Gasteiger partial charge is 0.477 e. The molecular weight excluding hydrogens is 206 g/mol. The Morgan fingerprint density at radius 2 is 2.44 bits per heavy atom. The van der Waals surface area contributed by atoms with E-state index in [2.05, 4.69) is 10.3 Å². The monoisotopic (exact) mass is 217 g/mol. The van der Waals surface area contributed by atoms with E-state index in [4.69, 9.17) is 10.4 Å². The molecule has 1 aromatic rings. The Morgan fingerprint density at radius 3 is 3.00 bits per heavy atom. The fraction of sp³-hybridized carbons (Fsp3) is 0.182. The van der Waals surface area contributed by atoms with Crippen LogP contribution in [-0.4, -0.2) is 22.6 Å². The number of aromatic nitrogens is 1. The molecule has 0 unspecified atom stereocenters. The predicted molar refractivity (Wildman–Crippen MR) is 58.7 cm³/mol. The molecule has 0 aromatic carbocycles. The predicted octanol–water partition coefficient (Wildman–Crippen LogP) is 1.42. The summed E-state index contributed by atoms with van der Waals surface area (Å²) < 4.78 is 0. The molecule has 0 bridgehead atoms. The van der Waals surface area contributed by atoms with Gasteiger partial charge in [-0.05, 0) is 18.6 Å². The van der Waals surface area contributed by atoms with Crippen molar-refractivity contribution in [3.63, 3.8) is 0 Å². The molecule has 0 fully saturated rings. The Kier molecular flexibility index (Phi) is 4.54. The van der Waals surface area contributed by atoms with Crippen molar-refractivity contribution < 1.29 is 9.90 Å². The Balaban J connectivity index is 2.37. The number of aliphatic carboxylic acids is 1. The van der Waals surface area contributed by atoms with Crippen LogP contribution in [0.15, 0.2) is 36.0 Å². The minimum absolute atomic E-state index is 0.233. The number of pyridine rings is 1. The smallest absolute Gasteiger partial charge is 0.346 e. The fourth-order valence-electron chi connectivity index (χ4n) is 1.06. The lowest BCUT2D eigenvalue weighted by atomic mass is 10.2. The van der Waals surface area contributed by atoms with Crippen LogP contribution in [0.4, 0.5) is 5.82 Å². The minimum Gasteiger partial charge on any atom is -0.477 e. The van der Waals surface area contributed by atoms with E-state index in [0.717, 1.165) is 5.82 Å². The molecule has 0 atom stereocenters. The number of hydrogen-bond donors (Lipinski definition) is 2. The highest BCUT2D eigenvalue weighted by Gasteiger charge is 2.03. The number of nitriles is 1. The highest BCUT2D eigenvalue weighted by molar-refractivity contribution is 5.90. The van der Waals surface area contributed by atoms with Crippen molar-refractivity contribution in [1.82, 2.24) is 4.98 Å². The lowest BCUT2D eigenvalue weighted by molar-refractivity contribution is -0.132. The summed E-state index contributed by atoms with van der Waals surface area (Å²) in [4.78, 5) is 14.5. The standard InChI is InChI=1S/C11H11N3O2/c12-8-9(11(15)16)4-3-7-14-10-5-1-2-6-13-10/h1-2,4-6H,3,7H2,(H,13,14)(H,15,16). The summed E-state index contributed by atoms with van der Waals surface area (Å²) in [6, 6.07) is 7.09. The van der Waals surface area contributed by atoms with Crippen molar-refractivity contribution in [2.75, 3.05) is 11.9 Å². The number of carboxylic acid groups (broad SMARTS) is 1. The van der Waals surface area contributed by atoms with E-state index in [0.29, 0.717) is 13.0 Å². The molecule has 5 heteroatoms. The van der Waals surface area contributed by atoms with Crippen LogP contribution >= 0.6 is 0 Å². The van der Waals surface area contributed by atoms with Crippen LogP contribution in [0.1, 0.15) is 6.42 Å². The van der Waals surface area contributed by atoms with Crippen LogP contribution in [0.2, 0.25) is 0 Å². The minimum atomic E-state index is -1.19. The van der Waals surface area contributed by atoms with Crippen molar-refractivity contribution >= 4 is 11.8 Å². The van der Waals surface area contributed by atoms with Crippen LogP contribution in [0.3, 0.4) is 0 Å². The first-order chi connectivity index (χ1) is 7.74. The van der Waals surface area contributed by atoms with Gasteiger partial charge in [-0.25, -0.2) is 9.78 Å². The quantitative estimate of drug-likeness (QED) is 0.442. The average molecular weight is 217 g/mol. The van der Waals surface area contributed by atoms with Crippen molar-refractivity contribution in [3.8, 4) is 6.07 Å². The fourth-order valence-corrected chi connectivity index (χ4v) is 1.06. The van der Waals surface area contributed by atoms with Crippen molar-refractivity contribution in [1.29, 1.82) is 5.26 Å². The third-order valence-corrected chi connectivity index (χ3v) is 1.81. The number of nitrogens with one attached hydrogen (secondary N) is 1. The summed E-state index contributed by atoms with van der Waals surface area (Å²) in [6.45, 7) is 0.537. The molecule has 5 nitrogen and oxygen atoms in total. The number of hydrogen-bond acceptors (Lipinski definition) is 4. The molecule has 0 saturated heterocycles. The maximum atomic E-state index is 10.5. The van der Waals surface area contributed by atoms with Crippen molar-refractivity contribution in [2.24, 2.45) is 0 Å². The molecule has 0 radical (unpaired) electrons. The number of nitrogens with zero attached hydrogens (tertiary/aromatic N) is 2. The summed E-state index contributed by atoms with van der Waals surface area (Å²) >= 11 is 0. The van der Waals surface area contributed by atoms with Gasteiger partial charge in [-0.1, -0.05) is 12.1 Å². The molecule has 0 aliphatic carbocycles. The second kappa shape index (κ2) is 6.19. The third-order valence-electron chi connectivity index (χ3n) is 1.81. The number of anilines is 1. The number of rotatable bonds is 5. The van der Waals surface area contributed by atoms with Crippen LogP contribution in [0, 0.1) is 11.3 Å². The van der Waals surface area contributed by atoms with E-state index in [9.17, 15) is 4.79 Å². The molecule has 0 aliphatic rings. The first-order valence-corrected chi connectivity index (χ1v) is 4.72. The van der Waals surface area contributed by atoms with Crippen LogP contribution < -0.4 is 5.32 Å². The molecule has 0 saturated carbocycles. The van der Waals surface area contributed by atoms with Gasteiger partial charge in [0.1, 0.15) is 17.5 Å². The third kappa shape index (κ3) is 3.80. The SMILES string of the molecule is N#CC(=CCCNc1ccccn1)C(=O)O. The summed E-state index contributed by atoms with van der Waals surface area (Å²) in [5.74, 6) is -0.468. The molecular formula is C11H11N3O2. The number of carbonyl (C=O) groups is 1. The average Bonchev–Trinajstić information content (AvgIpc) is 2.30. The van der Waals surface area contributed by atoms with Gasteiger partial charge in [-0.2, -0.15) is 5.26 Å². The van der Waals surface area contributed by atoms with E-state index >= 15 is 0 Å². The summed E-state index contributed by atoms with van der Waals surface area (Å²) in [6.07, 6.45) is 3.51. The Hall–Kier alpha value is -2.35. The molecule has 0 spiro atoms.